The van der Waals surface area contributed by atoms with E-state index in [1.54, 1.807) is 0 Å². The van der Waals surface area contributed by atoms with Gasteiger partial charge in [0.15, 0.2) is 5.13 Å². The lowest BCUT2D eigenvalue weighted by atomic mass is 10.3. The van der Waals surface area contributed by atoms with Gasteiger partial charge in [-0.25, -0.2) is 4.98 Å². The monoisotopic (exact) mass is 282 g/mol. The van der Waals surface area contributed by atoms with Gasteiger partial charge < -0.3 is 15.1 Å². The molecule has 0 saturated carbocycles. The molecule has 2 rings (SSSR count). The van der Waals surface area contributed by atoms with Gasteiger partial charge in [-0.3, -0.25) is 0 Å². The lowest BCUT2D eigenvalue weighted by Crippen LogP contribution is -2.46. The largest absolute Gasteiger partial charge is 0.346 e. The van der Waals surface area contributed by atoms with Crippen molar-refractivity contribution in [1.29, 1.82) is 0 Å². The summed E-state index contributed by atoms with van der Waals surface area (Å²) in [6.45, 7) is 14.3. The van der Waals surface area contributed by atoms with Gasteiger partial charge in [-0.1, -0.05) is 20.8 Å². The molecule has 5 heteroatoms. The number of piperazine rings is 1. The van der Waals surface area contributed by atoms with E-state index >= 15 is 0 Å². The van der Waals surface area contributed by atoms with Crippen molar-refractivity contribution in [2.24, 2.45) is 0 Å². The minimum absolute atomic E-state index is 0.965. The summed E-state index contributed by atoms with van der Waals surface area (Å²) in [6.07, 6.45) is 1.03. The minimum Gasteiger partial charge on any atom is -0.346 e. The average molecular weight is 282 g/mol. The maximum Gasteiger partial charge on any atom is 0.185 e. The highest BCUT2D eigenvalue weighted by Gasteiger charge is 2.20. The second-order valence-electron chi connectivity index (χ2n) is 4.92. The number of aryl methyl sites for hydroxylation is 1. The molecule has 0 aliphatic carbocycles. The number of thiazole rings is 1. The van der Waals surface area contributed by atoms with Gasteiger partial charge in [0.1, 0.15) is 0 Å². The number of likely N-dealkylation sites (N-methyl/N-ethyl adjacent to an activating group) is 1. The van der Waals surface area contributed by atoms with Crippen LogP contribution in [-0.4, -0.2) is 49.2 Å². The molecule has 108 valence electrons. The van der Waals surface area contributed by atoms with E-state index in [1.165, 1.54) is 28.8 Å². The quantitative estimate of drug-likeness (QED) is 0.864. The topological polar surface area (TPSA) is 31.4 Å². The van der Waals surface area contributed by atoms with Gasteiger partial charge in [0.25, 0.3) is 0 Å². The minimum atomic E-state index is 0.965. The SMILES string of the molecule is CCNCc1sc(N2CCN(CC)CC2)nc1CC. The van der Waals surface area contributed by atoms with Crippen LogP contribution < -0.4 is 10.2 Å². The molecule has 0 spiro atoms. The van der Waals surface area contributed by atoms with E-state index in [0.29, 0.717) is 0 Å². The Labute approximate surface area is 120 Å². The van der Waals surface area contributed by atoms with Crippen LogP contribution in [0.2, 0.25) is 0 Å². The van der Waals surface area contributed by atoms with Gasteiger partial charge in [0.2, 0.25) is 0 Å². The van der Waals surface area contributed by atoms with Gasteiger partial charge >= 0.3 is 0 Å². The van der Waals surface area contributed by atoms with Crippen LogP contribution in [0, 0.1) is 0 Å². The van der Waals surface area contributed by atoms with Crippen molar-refractivity contribution in [3.63, 3.8) is 0 Å². The smallest absolute Gasteiger partial charge is 0.185 e. The number of hydrogen-bond donors (Lipinski definition) is 1. The fraction of sp³-hybridized carbons (Fsp3) is 0.786. The van der Waals surface area contributed by atoms with Crippen LogP contribution in [0.1, 0.15) is 31.3 Å². The van der Waals surface area contributed by atoms with Crippen LogP contribution in [0.25, 0.3) is 0 Å². The molecule has 0 atom stereocenters. The summed E-state index contributed by atoms with van der Waals surface area (Å²) in [5.74, 6) is 0. The molecular weight excluding hydrogens is 256 g/mol. The molecule has 1 saturated heterocycles. The highest BCUT2D eigenvalue weighted by atomic mass is 32.1. The lowest BCUT2D eigenvalue weighted by molar-refractivity contribution is 0.271. The van der Waals surface area contributed by atoms with Gasteiger partial charge in [-0.2, -0.15) is 0 Å². The van der Waals surface area contributed by atoms with Crippen LogP contribution in [0.3, 0.4) is 0 Å². The second-order valence-corrected chi connectivity index (χ2v) is 5.98. The first kappa shape index (κ1) is 14.8. The van der Waals surface area contributed by atoms with Gasteiger partial charge in [0, 0.05) is 37.6 Å². The highest BCUT2D eigenvalue weighted by Crippen LogP contribution is 2.27. The molecule has 2 heterocycles. The Bertz CT molecular complexity index is 383. The molecule has 0 bridgehead atoms. The van der Waals surface area contributed by atoms with E-state index in [0.717, 1.165) is 39.1 Å². The van der Waals surface area contributed by atoms with E-state index in [2.05, 4.69) is 35.9 Å². The standard InChI is InChI=1S/C14H26N4S/c1-4-12-13(11-15-5-2)19-14(16-12)18-9-7-17(6-3)8-10-18/h15H,4-11H2,1-3H3. The first-order chi connectivity index (χ1) is 9.28. The number of aromatic nitrogens is 1. The molecule has 1 aromatic rings. The van der Waals surface area contributed by atoms with Crippen LogP contribution in [0.15, 0.2) is 0 Å². The summed E-state index contributed by atoms with van der Waals surface area (Å²) >= 11 is 1.87. The molecule has 0 amide bonds. The molecule has 0 aromatic carbocycles. The molecule has 4 nitrogen and oxygen atoms in total. The Morgan fingerprint density at radius 2 is 1.89 bits per heavy atom. The molecule has 1 fully saturated rings. The zero-order chi connectivity index (χ0) is 13.7. The number of anilines is 1. The molecular formula is C14H26N4S. The maximum atomic E-state index is 4.84. The van der Waals surface area contributed by atoms with Crippen LogP contribution in [0.5, 0.6) is 0 Å². The molecule has 1 aliphatic heterocycles. The van der Waals surface area contributed by atoms with Crippen molar-refractivity contribution in [3.8, 4) is 0 Å². The molecule has 1 aliphatic rings. The highest BCUT2D eigenvalue weighted by molar-refractivity contribution is 7.15. The van der Waals surface area contributed by atoms with Crippen molar-refractivity contribution >= 4 is 16.5 Å². The Morgan fingerprint density at radius 1 is 1.16 bits per heavy atom. The number of nitrogens with one attached hydrogen (secondary N) is 1. The Morgan fingerprint density at radius 3 is 2.47 bits per heavy atom. The number of nitrogens with zero attached hydrogens (tertiary/aromatic N) is 3. The van der Waals surface area contributed by atoms with E-state index in [1.807, 2.05) is 11.3 Å². The van der Waals surface area contributed by atoms with Crippen LogP contribution >= 0.6 is 11.3 Å². The van der Waals surface area contributed by atoms with Crippen molar-refractivity contribution in [2.75, 3.05) is 44.2 Å². The Hall–Kier alpha value is -0.650. The predicted molar refractivity (Wildman–Crippen MR) is 83.2 cm³/mol. The van der Waals surface area contributed by atoms with E-state index in [4.69, 9.17) is 4.98 Å². The first-order valence-corrected chi connectivity index (χ1v) is 8.26. The maximum absolute atomic E-state index is 4.84. The van der Waals surface area contributed by atoms with Crippen LogP contribution in [0.4, 0.5) is 5.13 Å². The normalized spacial score (nSPS) is 17.1. The van der Waals surface area contributed by atoms with Gasteiger partial charge in [-0.05, 0) is 19.5 Å². The van der Waals surface area contributed by atoms with Crippen molar-refractivity contribution in [3.05, 3.63) is 10.6 Å². The van der Waals surface area contributed by atoms with E-state index in [-0.39, 0.29) is 0 Å². The number of hydrogen-bond acceptors (Lipinski definition) is 5. The molecule has 0 radical (unpaired) electrons. The summed E-state index contributed by atoms with van der Waals surface area (Å²) in [5, 5.41) is 4.64. The predicted octanol–water partition coefficient (Wildman–Crippen LogP) is 1.96. The molecule has 0 unspecified atom stereocenters. The fourth-order valence-corrected chi connectivity index (χ4v) is 3.58. The molecule has 1 aromatic heterocycles. The van der Waals surface area contributed by atoms with Gasteiger partial charge in [0.05, 0.1) is 5.69 Å². The van der Waals surface area contributed by atoms with Crippen LogP contribution in [-0.2, 0) is 13.0 Å². The van der Waals surface area contributed by atoms with Crippen molar-refractivity contribution in [1.82, 2.24) is 15.2 Å². The van der Waals surface area contributed by atoms with Gasteiger partial charge in [-0.15, -0.1) is 11.3 Å². The van der Waals surface area contributed by atoms with Crippen molar-refractivity contribution < 1.29 is 0 Å². The van der Waals surface area contributed by atoms with Crippen molar-refractivity contribution in [2.45, 2.75) is 33.7 Å². The summed E-state index contributed by atoms with van der Waals surface area (Å²) in [5.41, 5.74) is 1.28. The molecule has 1 N–H and O–H groups in total. The molecule has 19 heavy (non-hydrogen) atoms. The third-order valence-electron chi connectivity index (χ3n) is 3.73. The second kappa shape index (κ2) is 7.22. The summed E-state index contributed by atoms with van der Waals surface area (Å²) in [4.78, 5) is 11.2. The summed E-state index contributed by atoms with van der Waals surface area (Å²) in [7, 11) is 0. The first-order valence-electron chi connectivity index (χ1n) is 7.45. The zero-order valence-electron chi connectivity index (χ0n) is 12.4. The third kappa shape index (κ3) is 3.68. The summed E-state index contributed by atoms with van der Waals surface area (Å²) in [6, 6.07) is 0. The zero-order valence-corrected chi connectivity index (χ0v) is 13.2. The average Bonchev–Trinajstić information content (AvgIpc) is 2.88. The van der Waals surface area contributed by atoms with E-state index < -0.39 is 0 Å². The Kier molecular flexibility index (Phi) is 5.60. The third-order valence-corrected chi connectivity index (χ3v) is 4.89. The fourth-order valence-electron chi connectivity index (χ4n) is 2.41. The Balaban J connectivity index is 2.02. The summed E-state index contributed by atoms with van der Waals surface area (Å²) < 4.78 is 0. The number of rotatable bonds is 6. The lowest BCUT2D eigenvalue weighted by Gasteiger charge is -2.33. The van der Waals surface area contributed by atoms with E-state index in [9.17, 15) is 0 Å².